The summed E-state index contributed by atoms with van der Waals surface area (Å²) in [5.41, 5.74) is 2.51. The molecule has 106 valence electrons. The second-order valence-corrected chi connectivity index (χ2v) is 6.45. The van der Waals surface area contributed by atoms with Crippen LogP contribution in [0.25, 0.3) is 0 Å². The first-order valence-corrected chi connectivity index (χ1v) is 7.34. The third kappa shape index (κ3) is 2.46. The molecular weight excluding hydrogens is 248 g/mol. The normalized spacial score (nSPS) is 33.2. The minimum Gasteiger partial charge on any atom is -0.382 e. The van der Waals surface area contributed by atoms with Crippen molar-refractivity contribution >= 4 is 0 Å². The molecule has 5 aliphatic carbocycles. The molecule has 0 fully saturated rings. The van der Waals surface area contributed by atoms with E-state index < -0.39 is 11.2 Å². The van der Waals surface area contributed by atoms with Gasteiger partial charge in [0.15, 0.2) is 0 Å². The van der Waals surface area contributed by atoms with Gasteiger partial charge < -0.3 is 10.2 Å². The molecule has 0 saturated heterocycles. The second-order valence-electron chi connectivity index (χ2n) is 6.45. The number of aliphatic hydroxyl groups is 2. The molecule has 1 aromatic carbocycles. The maximum Gasteiger partial charge on any atom is 0.101 e. The molecule has 6 rings (SSSR count). The van der Waals surface area contributed by atoms with Crippen LogP contribution in [0, 0.1) is 0 Å². The van der Waals surface area contributed by atoms with Gasteiger partial charge in [0, 0.05) is 0 Å². The Labute approximate surface area is 120 Å². The predicted octanol–water partition coefficient (Wildman–Crippen LogP) is 2.93. The zero-order chi connectivity index (χ0) is 14.4. The maximum atomic E-state index is 10.6. The Balaban J connectivity index is 2.05. The van der Waals surface area contributed by atoms with Crippen LogP contribution in [0.15, 0.2) is 47.6 Å². The van der Waals surface area contributed by atoms with Gasteiger partial charge >= 0.3 is 0 Å². The fourth-order valence-electron chi connectivity index (χ4n) is 3.24. The summed E-state index contributed by atoms with van der Waals surface area (Å²) in [6.45, 7) is 3.64. The highest BCUT2D eigenvalue weighted by Gasteiger charge is 2.36. The van der Waals surface area contributed by atoms with Crippen molar-refractivity contribution in [3.8, 4) is 0 Å². The number of hydrogen-bond acceptors (Lipinski definition) is 2. The Kier molecular flexibility index (Phi) is 3.11. The van der Waals surface area contributed by atoms with Crippen LogP contribution in [0.2, 0.25) is 0 Å². The molecule has 1 aromatic rings. The summed E-state index contributed by atoms with van der Waals surface area (Å²) in [6, 6.07) is 8.69. The van der Waals surface area contributed by atoms with Crippen molar-refractivity contribution in [1.82, 2.24) is 0 Å². The fourth-order valence-corrected chi connectivity index (χ4v) is 3.24. The van der Waals surface area contributed by atoms with Crippen LogP contribution in [0.1, 0.15) is 37.8 Å². The van der Waals surface area contributed by atoms with E-state index in [4.69, 9.17) is 0 Å². The van der Waals surface area contributed by atoms with Gasteiger partial charge in [-0.05, 0) is 74.0 Å². The lowest BCUT2D eigenvalue weighted by molar-refractivity contribution is 0.103. The minimum atomic E-state index is -0.936. The molecule has 0 amide bonds. The number of benzene rings is 1. The smallest absolute Gasteiger partial charge is 0.101 e. The predicted molar refractivity (Wildman–Crippen MR) is 80.5 cm³/mol. The lowest BCUT2D eigenvalue weighted by atomic mass is 9.75. The molecule has 2 N–H and O–H groups in total. The quantitative estimate of drug-likeness (QED) is 0.712. The van der Waals surface area contributed by atoms with Gasteiger partial charge in [0.2, 0.25) is 0 Å². The Bertz CT molecular complexity index is 521. The second kappa shape index (κ2) is 4.57. The van der Waals surface area contributed by atoms with Crippen molar-refractivity contribution in [2.75, 3.05) is 0 Å². The third-order valence-electron chi connectivity index (χ3n) is 4.60. The zero-order valence-electron chi connectivity index (χ0n) is 12.2. The van der Waals surface area contributed by atoms with E-state index >= 15 is 0 Å². The van der Waals surface area contributed by atoms with Gasteiger partial charge in [0.05, 0.1) is 0 Å². The van der Waals surface area contributed by atoms with Gasteiger partial charge in [-0.1, -0.05) is 24.3 Å². The van der Waals surface area contributed by atoms with E-state index in [0.29, 0.717) is 0 Å². The molecule has 0 aromatic heterocycles. The van der Waals surface area contributed by atoms with E-state index in [1.54, 1.807) is 0 Å². The van der Waals surface area contributed by atoms with E-state index in [0.717, 1.165) is 36.8 Å². The first-order valence-electron chi connectivity index (χ1n) is 7.34. The fraction of sp³-hybridized carbons (Fsp3) is 0.444. The lowest BCUT2D eigenvalue weighted by Crippen LogP contribution is -2.37. The highest BCUT2D eigenvalue weighted by atomic mass is 16.3. The standard InChI is InChI=1S/C18H22O2/c1-17(19)11-16-10-8-14-5-3-13(4-6-14)7-9-15(17)12-18(16,2)20/h3-6,11-12,19-20H,7-10H2,1-2H3. The number of hydrogen-bond donors (Lipinski definition) is 2. The summed E-state index contributed by atoms with van der Waals surface area (Å²) in [6.07, 6.45) is 7.04. The summed E-state index contributed by atoms with van der Waals surface area (Å²) < 4.78 is 0. The molecule has 2 heteroatoms. The SMILES string of the molecule is CC1(O)C=C2CCc3ccc(cc3)CCC1=CC2(C)O. The van der Waals surface area contributed by atoms with Gasteiger partial charge in [-0.2, -0.15) is 0 Å². The summed E-state index contributed by atoms with van der Waals surface area (Å²) in [5, 5.41) is 21.3. The van der Waals surface area contributed by atoms with E-state index in [-0.39, 0.29) is 0 Å². The summed E-state index contributed by atoms with van der Waals surface area (Å²) in [7, 11) is 0. The van der Waals surface area contributed by atoms with Crippen LogP contribution in [-0.2, 0) is 12.8 Å². The first-order chi connectivity index (χ1) is 9.37. The summed E-state index contributed by atoms with van der Waals surface area (Å²) >= 11 is 0. The Morgan fingerprint density at radius 3 is 1.40 bits per heavy atom. The maximum absolute atomic E-state index is 10.6. The Morgan fingerprint density at radius 2 is 1.05 bits per heavy atom. The number of aryl methyl sites for hydroxylation is 2. The van der Waals surface area contributed by atoms with E-state index in [9.17, 15) is 10.2 Å². The highest BCUT2D eigenvalue weighted by Crippen LogP contribution is 2.37. The van der Waals surface area contributed by atoms with Crippen molar-refractivity contribution in [2.24, 2.45) is 0 Å². The topological polar surface area (TPSA) is 40.5 Å². The van der Waals surface area contributed by atoms with Crippen LogP contribution in [0.5, 0.6) is 0 Å². The average Bonchev–Trinajstić information content (AvgIpc) is 2.37. The molecule has 0 saturated carbocycles. The van der Waals surface area contributed by atoms with Crippen LogP contribution in [0.3, 0.4) is 0 Å². The molecule has 0 spiro atoms. The Hall–Kier alpha value is -1.38. The lowest BCUT2D eigenvalue weighted by Gasteiger charge is -2.37. The summed E-state index contributed by atoms with van der Waals surface area (Å²) in [5.74, 6) is 0. The van der Waals surface area contributed by atoms with Crippen LogP contribution >= 0.6 is 0 Å². The van der Waals surface area contributed by atoms with Crippen molar-refractivity contribution in [2.45, 2.75) is 50.7 Å². The van der Waals surface area contributed by atoms with Crippen molar-refractivity contribution in [3.05, 3.63) is 58.7 Å². The Morgan fingerprint density at radius 1 is 0.700 bits per heavy atom. The van der Waals surface area contributed by atoms with Gasteiger partial charge in [-0.15, -0.1) is 0 Å². The summed E-state index contributed by atoms with van der Waals surface area (Å²) in [4.78, 5) is 0. The monoisotopic (exact) mass is 270 g/mol. The molecule has 5 aliphatic rings. The molecule has 0 aliphatic heterocycles. The molecule has 2 unspecified atom stereocenters. The van der Waals surface area contributed by atoms with E-state index in [1.165, 1.54) is 11.1 Å². The van der Waals surface area contributed by atoms with Crippen molar-refractivity contribution < 1.29 is 10.2 Å². The molecule has 2 atom stereocenters. The van der Waals surface area contributed by atoms with E-state index in [2.05, 4.69) is 24.3 Å². The van der Waals surface area contributed by atoms with Crippen LogP contribution < -0.4 is 0 Å². The van der Waals surface area contributed by atoms with Gasteiger partial charge in [0.1, 0.15) is 11.2 Å². The molecule has 0 heterocycles. The zero-order valence-corrected chi connectivity index (χ0v) is 12.2. The van der Waals surface area contributed by atoms with E-state index in [1.807, 2.05) is 26.0 Å². The van der Waals surface area contributed by atoms with Crippen molar-refractivity contribution in [3.63, 3.8) is 0 Å². The molecule has 0 radical (unpaired) electrons. The molecule has 20 heavy (non-hydrogen) atoms. The van der Waals surface area contributed by atoms with Gasteiger partial charge in [-0.25, -0.2) is 0 Å². The number of rotatable bonds is 0. The highest BCUT2D eigenvalue weighted by molar-refractivity contribution is 5.41. The van der Waals surface area contributed by atoms with Gasteiger partial charge in [0.25, 0.3) is 0 Å². The molecule has 2 nitrogen and oxygen atoms in total. The van der Waals surface area contributed by atoms with Crippen LogP contribution in [-0.4, -0.2) is 21.4 Å². The van der Waals surface area contributed by atoms with Crippen LogP contribution in [0.4, 0.5) is 0 Å². The molecular formula is C18H22O2. The van der Waals surface area contributed by atoms with Crippen molar-refractivity contribution in [1.29, 1.82) is 0 Å². The minimum absolute atomic E-state index is 0.770. The first kappa shape index (κ1) is 13.6. The molecule has 4 bridgehead atoms. The largest absolute Gasteiger partial charge is 0.382 e. The third-order valence-corrected chi connectivity index (χ3v) is 4.60. The average molecular weight is 270 g/mol. The van der Waals surface area contributed by atoms with Gasteiger partial charge in [-0.3, -0.25) is 0 Å².